The molecule has 0 radical (unpaired) electrons. The van der Waals surface area contributed by atoms with Crippen LogP contribution in [0.5, 0.6) is 0 Å². The quantitative estimate of drug-likeness (QED) is 0.786. The number of carbonyl (C=O) groups is 1. The first-order valence-electron chi connectivity index (χ1n) is 7.04. The van der Waals surface area contributed by atoms with E-state index < -0.39 is 0 Å². The minimum atomic E-state index is -0.145. The van der Waals surface area contributed by atoms with E-state index >= 15 is 0 Å². The second-order valence-corrected chi connectivity index (χ2v) is 5.14. The normalized spacial score (nSPS) is 13.0. The van der Waals surface area contributed by atoms with Gasteiger partial charge in [0.1, 0.15) is 6.61 Å². The van der Waals surface area contributed by atoms with Crippen LogP contribution >= 0.6 is 0 Å². The van der Waals surface area contributed by atoms with Gasteiger partial charge in [0.25, 0.3) is 0 Å². The van der Waals surface area contributed by atoms with Crippen molar-refractivity contribution in [2.45, 2.75) is 26.3 Å². The van der Waals surface area contributed by atoms with Gasteiger partial charge in [0.2, 0.25) is 5.91 Å². The molecule has 0 aliphatic rings. The van der Waals surface area contributed by atoms with Crippen LogP contribution in [0, 0.1) is 17.8 Å². The van der Waals surface area contributed by atoms with Crippen molar-refractivity contribution in [1.29, 1.82) is 0 Å². The summed E-state index contributed by atoms with van der Waals surface area (Å²) in [7, 11) is 1.64. The highest BCUT2D eigenvalue weighted by molar-refractivity contribution is 5.76. The smallest absolute Gasteiger partial charge is 0.220 e. The lowest BCUT2D eigenvalue weighted by Gasteiger charge is -2.16. The fourth-order valence-corrected chi connectivity index (χ4v) is 2.04. The van der Waals surface area contributed by atoms with E-state index in [0.717, 1.165) is 11.1 Å². The van der Waals surface area contributed by atoms with Crippen LogP contribution in [0.1, 0.15) is 37.4 Å². The molecule has 21 heavy (non-hydrogen) atoms. The zero-order valence-corrected chi connectivity index (χ0v) is 12.8. The number of benzene rings is 1. The van der Waals surface area contributed by atoms with Gasteiger partial charge < -0.3 is 15.2 Å². The van der Waals surface area contributed by atoms with Crippen molar-refractivity contribution in [1.82, 2.24) is 5.32 Å². The highest BCUT2D eigenvalue weighted by atomic mass is 16.5. The molecule has 1 amide bonds. The number of amides is 1. The molecule has 0 fully saturated rings. The summed E-state index contributed by atoms with van der Waals surface area (Å²) < 4.78 is 5.03. The number of nitrogens with one attached hydrogen (secondary N) is 1. The van der Waals surface area contributed by atoms with E-state index in [2.05, 4.69) is 17.2 Å². The van der Waals surface area contributed by atoms with Crippen LogP contribution < -0.4 is 5.32 Å². The molecule has 1 aromatic carbocycles. The Balaban J connectivity index is 2.55. The molecule has 0 saturated heterocycles. The van der Waals surface area contributed by atoms with Gasteiger partial charge in [0, 0.05) is 25.7 Å². The Morgan fingerprint density at radius 1 is 1.33 bits per heavy atom. The molecule has 0 bridgehead atoms. The van der Waals surface area contributed by atoms with Crippen LogP contribution in [0.25, 0.3) is 0 Å². The van der Waals surface area contributed by atoms with E-state index in [-0.39, 0.29) is 24.5 Å². The number of aliphatic hydroxyl groups is 1. The third-order valence-electron chi connectivity index (χ3n) is 3.09. The fourth-order valence-electron chi connectivity index (χ4n) is 2.04. The van der Waals surface area contributed by atoms with Crippen molar-refractivity contribution in [2.75, 3.05) is 20.3 Å². The van der Waals surface area contributed by atoms with Gasteiger partial charge in [-0.3, -0.25) is 4.79 Å². The standard InChI is InChI=1S/C17H23NO3/c1-13(12-21-3)11-17(20)18-14(2)16-8-6-15(7-9-16)5-4-10-19/h6-9,13-14,19H,10-12H2,1-3H3,(H,18,20). The average molecular weight is 289 g/mol. The van der Waals surface area contributed by atoms with Crippen LogP contribution in [0.3, 0.4) is 0 Å². The van der Waals surface area contributed by atoms with Gasteiger partial charge >= 0.3 is 0 Å². The van der Waals surface area contributed by atoms with Gasteiger partial charge in [0.05, 0.1) is 6.04 Å². The molecule has 2 N–H and O–H groups in total. The first-order chi connectivity index (χ1) is 10.1. The van der Waals surface area contributed by atoms with E-state index in [1.54, 1.807) is 7.11 Å². The highest BCUT2D eigenvalue weighted by Crippen LogP contribution is 2.14. The first-order valence-corrected chi connectivity index (χ1v) is 7.04. The van der Waals surface area contributed by atoms with Gasteiger partial charge in [-0.15, -0.1) is 0 Å². The first kappa shape index (κ1) is 17.2. The van der Waals surface area contributed by atoms with Gasteiger partial charge in [-0.1, -0.05) is 30.9 Å². The Bertz CT molecular complexity index is 499. The van der Waals surface area contributed by atoms with Crippen molar-refractivity contribution < 1.29 is 14.6 Å². The Kier molecular flexibility index (Phi) is 7.52. The molecule has 1 rings (SSSR count). The van der Waals surface area contributed by atoms with E-state index in [1.165, 1.54) is 0 Å². The van der Waals surface area contributed by atoms with Gasteiger partial charge in [0.15, 0.2) is 0 Å². The van der Waals surface area contributed by atoms with E-state index in [1.807, 2.05) is 38.1 Å². The minimum absolute atomic E-state index is 0.0243. The third kappa shape index (κ3) is 6.44. The zero-order valence-electron chi connectivity index (χ0n) is 12.8. The maximum absolute atomic E-state index is 11.9. The maximum Gasteiger partial charge on any atom is 0.220 e. The second-order valence-electron chi connectivity index (χ2n) is 5.14. The van der Waals surface area contributed by atoms with Crippen molar-refractivity contribution in [3.63, 3.8) is 0 Å². The lowest BCUT2D eigenvalue weighted by atomic mass is 10.0. The molecule has 0 aromatic heterocycles. The van der Waals surface area contributed by atoms with Crippen molar-refractivity contribution in [3.05, 3.63) is 35.4 Å². The summed E-state index contributed by atoms with van der Waals surface area (Å²) in [5.74, 6) is 5.67. The number of carbonyl (C=O) groups excluding carboxylic acids is 1. The number of rotatable bonds is 6. The summed E-state index contributed by atoms with van der Waals surface area (Å²) >= 11 is 0. The molecular weight excluding hydrogens is 266 g/mol. The highest BCUT2D eigenvalue weighted by Gasteiger charge is 2.12. The maximum atomic E-state index is 11.9. The number of ether oxygens (including phenoxy) is 1. The van der Waals surface area contributed by atoms with Crippen molar-refractivity contribution in [2.24, 2.45) is 5.92 Å². The Morgan fingerprint density at radius 3 is 2.57 bits per heavy atom. The number of methoxy groups -OCH3 is 1. The third-order valence-corrected chi connectivity index (χ3v) is 3.09. The van der Waals surface area contributed by atoms with E-state index in [9.17, 15) is 4.79 Å². The Morgan fingerprint density at radius 2 is 2.00 bits per heavy atom. The average Bonchev–Trinajstić information content (AvgIpc) is 2.45. The predicted molar refractivity (Wildman–Crippen MR) is 82.6 cm³/mol. The number of aliphatic hydroxyl groups excluding tert-OH is 1. The van der Waals surface area contributed by atoms with Gasteiger partial charge in [-0.05, 0) is 30.5 Å². The molecule has 0 aliphatic carbocycles. The van der Waals surface area contributed by atoms with Crippen molar-refractivity contribution >= 4 is 5.91 Å². The minimum Gasteiger partial charge on any atom is -0.384 e. The van der Waals surface area contributed by atoms with E-state index in [4.69, 9.17) is 9.84 Å². The molecule has 2 atom stereocenters. The lowest BCUT2D eigenvalue weighted by Crippen LogP contribution is -2.28. The molecule has 0 saturated carbocycles. The molecule has 4 heteroatoms. The van der Waals surface area contributed by atoms with Gasteiger partial charge in [-0.25, -0.2) is 0 Å². The summed E-state index contributed by atoms with van der Waals surface area (Å²) in [4.78, 5) is 11.9. The number of hydrogen-bond donors (Lipinski definition) is 2. The molecule has 0 heterocycles. The number of hydrogen-bond acceptors (Lipinski definition) is 3. The summed E-state index contributed by atoms with van der Waals surface area (Å²) in [6, 6.07) is 7.59. The van der Waals surface area contributed by atoms with Crippen molar-refractivity contribution in [3.8, 4) is 11.8 Å². The second kappa shape index (κ2) is 9.17. The molecule has 0 aliphatic heterocycles. The van der Waals surface area contributed by atoms with Crippen LogP contribution in [-0.4, -0.2) is 31.3 Å². The molecule has 114 valence electrons. The largest absolute Gasteiger partial charge is 0.384 e. The molecule has 1 aromatic rings. The predicted octanol–water partition coefficient (Wildman–Crippen LogP) is 1.88. The monoisotopic (exact) mass is 289 g/mol. The SMILES string of the molecule is COCC(C)CC(=O)NC(C)c1ccc(C#CCO)cc1. The topological polar surface area (TPSA) is 58.6 Å². The molecule has 0 spiro atoms. The van der Waals surface area contributed by atoms with Crippen LogP contribution in [-0.2, 0) is 9.53 Å². The Hall–Kier alpha value is -1.83. The van der Waals surface area contributed by atoms with Crippen LogP contribution in [0.4, 0.5) is 0 Å². The van der Waals surface area contributed by atoms with Crippen LogP contribution in [0.15, 0.2) is 24.3 Å². The summed E-state index contributed by atoms with van der Waals surface area (Å²) in [6.45, 7) is 4.38. The molecular formula is C17H23NO3. The molecule has 4 nitrogen and oxygen atoms in total. The lowest BCUT2D eigenvalue weighted by molar-refractivity contribution is -0.122. The Labute approximate surface area is 126 Å². The molecule has 2 unspecified atom stereocenters. The fraction of sp³-hybridized carbons (Fsp3) is 0.471. The zero-order chi connectivity index (χ0) is 15.7. The van der Waals surface area contributed by atoms with Crippen LogP contribution in [0.2, 0.25) is 0 Å². The summed E-state index contributed by atoms with van der Waals surface area (Å²) in [6.07, 6.45) is 0.457. The summed E-state index contributed by atoms with van der Waals surface area (Å²) in [5.41, 5.74) is 1.87. The van der Waals surface area contributed by atoms with E-state index in [0.29, 0.717) is 13.0 Å². The van der Waals surface area contributed by atoms with Gasteiger partial charge in [-0.2, -0.15) is 0 Å². The summed E-state index contributed by atoms with van der Waals surface area (Å²) in [5, 5.41) is 11.6.